The lowest BCUT2D eigenvalue weighted by atomic mass is 9.74. The maximum atomic E-state index is 13.2. The van der Waals surface area contributed by atoms with Gasteiger partial charge in [0.05, 0.1) is 12.1 Å². The van der Waals surface area contributed by atoms with Crippen molar-refractivity contribution in [3.8, 4) is 0 Å². The second-order valence-corrected chi connectivity index (χ2v) is 11.9. The Labute approximate surface area is 241 Å². The van der Waals surface area contributed by atoms with E-state index < -0.39 is 24.4 Å². The lowest BCUT2D eigenvalue weighted by Gasteiger charge is -2.42. The quantitative estimate of drug-likeness (QED) is 0.193. The molecule has 1 aliphatic heterocycles. The van der Waals surface area contributed by atoms with E-state index in [-0.39, 0.29) is 18.4 Å². The van der Waals surface area contributed by atoms with Crippen LogP contribution in [0.1, 0.15) is 76.2 Å². The molecule has 0 spiro atoms. The van der Waals surface area contributed by atoms with Crippen LogP contribution in [0.3, 0.4) is 0 Å². The molecule has 0 bridgehead atoms. The summed E-state index contributed by atoms with van der Waals surface area (Å²) in [6.07, 6.45) is 7.17. The molecule has 2 amide bonds. The van der Waals surface area contributed by atoms with Gasteiger partial charge in [-0.3, -0.25) is 0 Å². The standard InChI is InChI=1S/C30H45ClF3N3O3/c1-40-16-6-5-14-29(39,25-11-7-13-27(31)18-25)26-12-8-15-37(21-26)28(38)36-20-24(19-35-22-30(32,33)34)17-23-9-3-2-4-10-23/h7,11,13,18,20,23-24,26,35,39H,2-6,8-10,12,14-17,19,21-22H2,1H3/b36-20+/t24?,26-,29-/m1/s1. The van der Waals surface area contributed by atoms with Gasteiger partial charge in [-0.2, -0.15) is 13.2 Å². The van der Waals surface area contributed by atoms with Gasteiger partial charge < -0.3 is 20.1 Å². The molecule has 3 atom stereocenters. The maximum absolute atomic E-state index is 13.2. The van der Waals surface area contributed by atoms with Crippen molar-refractivity contribution in [1.29, 1.82) is 0 Å². The smallest absolute Gasteiger partial charge is 0.385 e. The molecule has 1 aliphatic carbocycles. The van der Waals surface area contributed by atoms with Gasteiger partial charge in [0.2, 0.25) is 0 Å². The van der Waals surface area contributed by atoms with Gasteiger partial charge in [-0.15, -0.1) is 0 Å². The number of carbonyl (C=O) groups is 1. The van der Waals surface area contributed by atoms with Gasteiger partial charge in [-0.25, -0.2) is 9.79 Å². The highest BCUT2D eigenvalue weighted by molar-refractivity contribution is 6.30. The Morgan fingerprint density at radius 1 is 1.23 bits per heavy atom. The summed E-state index contributed by atoms with van der Waals surface area (Å²) >= 11 is 6.27. The summed E-state index contributed by atoms with van der Waals surface area (Å²) in [5.41, 5.74) is -0.421. The van der Waals surface area contributed by atoms with Crippen LogP contribution in [-0.4, -0.2) is 68.3 Å². The zero-order valence-corrected chi connectivity index (χ0v) is 24.4. The minimum absolute atomic E-state index is 0.130. The van der Waals surface area contributed by atoms with Gasteiger partial charge in [0.25, 0.3) is 0 Å². The molecule has 226 valence electrons. The van der Waals surface area contributed by atoms with Crippen LogP contribution in [0.5, 0.6) is 0 Å². The number of amides is 2. The number of piperidine rings is 1. The van der Waals surface area contributed by atoms with Gasteiger partial charge in [-0.1, -0.05) is 55.8 Å². The van der Waals surface area contributed by atoms with Crippen molar-refractivity contribution in [2.24, 2.45) is 22.7 Å². The van der Waals surface area contributed by atoms with Crippen LogP contribution in [0.2, 0.25) is 5.02 Å². The number of unbranched alkanes of at least 4 members (excludes halogenated alkanes) is 1. The number of likely N-dealkylation sites (tertiary alicyclic amines) is 1. The zero-order chi connectivity index (χ0) is 29.0. The number of nitrogens with zero attached hydrogens (tertiary/aromatic N) is 2. The Morgan fingerprint density at radius 2 is 2.00 bits per heavy atom. The Bertz CT molecular complexity index is 942. The monoisotopic (exact) mass is 587 g/mol. The summed E-state index contributed by atoms with van der Waals surface area (Å²) in [5.74, 6) is -0.00905. The van der Waals surface area contributed by atoms with Crippen molar-refractivity contribution in [3.63, 3.8) is 0 Å². The molecule has 10 heteroatoms. The van der Waals surface area contributed by atoms with Crippen LogP contribution in [0.4, 0.5) is 18.0 Å². The molecule has 3 rings (SSSR count). The molecule has 1 unspecified atom stereocenters. The molecule has 2 aliphatic rings. The van der Waals surface area contributed by atoms with Crippen molar-refractivity contribution in [2.45, 2.75) is 82.4 Å². The number of benzene rings is 1. The summed E-state index contributed by atoms with van der Waals surface area (Å²) in [4.78, 5) is 19.1. The van der Waals surface area contributed by atoms with Crippen molar-refractivity contribution >= 4 is 23.8 Å². The third kappa shape index (κ3) is 10.6. The summed E-state index contributed by atoms with van der Waals surface area (Å²) in [5, 5.41) is 15.1. The predicted octanol–water partition coefficient (Wildman–Crippen LogP) is 6.99. The number of nitrogens with one attached hydrogen (secondary N) is 1. The highest BCUT2D eigenvalue weighted by Crippen LogP contribution is 2.40. The van der Waals surface area contributed by atoms with E-state index in [1.807, 2.05) is 12.1 Å². The van der Waals surface area contributed by atoms with Crippen molar-refractivity contribution in [3.05, 3.63) is 34.9 Å². The molecular weight excluding hydrogens is 543 g/mol. The molecular formula is C30H45ClF3N3O3. The number of methoxy groups -OCH3 is 1. The van der Waals surface area contributed by atoms with Crippen LogP contribution >= 0.6 is 11.6 Å². The average Bonchev–Trinajstić information content (AvgIpc) is 2.93. The van der Waals surface area contributed by atoms with Gasteiger partial charge >= 0.3 is 12.2 Å². The first-order valence-electron chi connectivity index (χ1n) is 14.7. The van der Waals surface area contributed by atoms with E-state index in [2.05, 4.69) is 10.3 Å². The molecule has 0 aromatic heterocycles. The highest BCUT2D eigenvalue weighted by atomic mass is 35.5. The maximum Gasteiger partial charge on any atom is 0.401 e. The fraction of sp³-hybridized carbons (Fsp3) is 0.733. The number of ether oxygens (including phenoxy) is 1. The third-order valence-corrected chi connectivity index (χ3v) is 8.57. The molecule has 1 saturated heterocycles. The molecule has 6 nitrogen and oxygen atoms in total. The van der Waals surface area contributed by atoms with Crippen molar-refractivity contribution < 1.29 is 27.8 Å². The van der Waals surface area contributed by atoms with Gasteiger partial charge in [0, 0.05) is 56.4 Å². The summed E-state index contributed by atoms with van der Waals surface area (Å²) < 4.78 is 43.4. The minimum Gasteiger partial charge on any atom is -0.385 e. The van der Waals surface area contributed by atoms with E-state index in [0.29, 0.717) is 37.1 Å². The van der Waals surface area contributed by atoms with Crippen LogP contribution in [0.15, 0.2) is 29.3 Å². The molecule has 0 radical (unpaired) electrons. The molecule has 1 aromatic rings. The van der Waals surface area contributed by atoms with E-state index in [1.54, 1.807) is 30.4 Å². The number of rotatable bonds is 13. The van der Waals surface area contributed by atoms with Gasteiger partial charge in [0.1, 0.15) is 0 Å². The molecule has 2 N–H and O–H groups in total. The lowest BCUT2D eigenvalue weighted by Crippen LogP contribution is -2.47. The second-order valence-electron chi connectivity index (χ2n) is 11.5. The molecule has 1 heterocycles. The van der Waals surface area contributed by atoms with Crippen LogP contribution < -0.4 is 5.32 Å². The number of aliphatic hydroxyl groups is 1. The molecule has 1 saturated carbocycles. The van der Waals surface area contributed by atoms with Gasteiger partial charge in [-0.05, 0) is 62.1 Å². The number of urea groups is 1. The summed E-state index contributed by atoms with van der Waals surface area (Å²) in [6.45, 7) is 0.557. The van der Waals surface area contributed by atoms with Crippen LogP contribution in [0, 0.1) is 17.8 Å². The topological polar surface area (TPSA) is 74.2 Å². The number of hydrogen-bond donors (Lipinski definition) is 2. The Balaban J connectivity index is 1.69. The first-order chi connectivity index (χ1) is 19.1. The third-order valence-electron chi connectivity index (χ3n) is 8.34. The predicted molar refractivity (Wildman–Crippen MR) is 153 cm³/mol. The highest BCUT2D eigenvalue weighted by Gasteiger charge is 2.41. The Hall–Kier alpha value is -1.68. The Morgan fingerprint density at radius 3 is 2.70 bits per heavy atom. The number of hydrogen-bond acceptors (Lipinski definition) is 4. The number of halogens is 4. The van der Waals surface area contributed by atoms with E-state index >= 15 is 0 Å². The summed E-state index contributed by atoms with van der Waals surface area (Å²) in [7, 11) is 1.65. The molecule has 1 aromatic carbocycles. The number of aliphatic imine (C=N–C) groups is 1. The van der Waals surface area contributed by atoms with Crippen LogP contribution in [0.25, 0.3) is 0 Å². The van der Waals surface area contributed by atoms with E-state index in [1.165, 1.54) is 6.42 Å². The van der Waals surface area contributed by atoms with E-state index in [9.17, 15) is 23.1 Å². The fourth-order valence-electron chi connectivity index (χ4n) is 6.22. The normalized spacial score (nSPS) is 21.4. The zero-order valence-electron chi connectivity index (χ0n) is 23.6. The SMILES string of the molecule is COCCCC[C@@](O)(c1cccc(Cl)c1)[C@@H]1CCCN(C(=O)/N=C/C(CNCC(F)(F)F)CC2CCCCC2)C1. The second kappa shape index (κ2) is 16.1. The first kappa shape index (κ1) is 32.8. The first-order valence-corrected chi connectivity index (χ1v) is 15.1. The van der Waals surface area contributed by atoms with Crippen molar-refractivity contribution in [2.75, 3.05) is 39.9 Å². The van der Waals surface area contributed by atoms with Crippen molar-refractivity contribution in [1.82, 2.24) is 10.2 Å². The van der Waals surface area contributed by atoms with E-state index in [4.69, 9.17) is 16.3 Å². The van der Waals surface area contributed by atoms with Crippen LogP contribution in [-0.2, 0) is 10.3 Å². The fourth-order valence-corrected chi connectivity index (χ4v) is 6.41. The Kier molecular flexibility index (Phi) is 13.2. The number of carbonyl (C=O) groups excluding carboxylic acids is 1. The largest absolute Gasteiger partial charge is 0.401 e. The molecule has 2 fully saturated rings. The minimum atomic E-state index is -4.28. The molecule has 40 heavy (non-hydrogen) atoms. The summed E-state index contributed by atoms with van der Waals surface area (Å²) in [6, 6.07) is 6.87. The van der Waals surface area contributed by atoms with E-state index in [0.717, 1.165) is 63.4 Å². The number of alkyl halides is 3. The lowest BCUT2D eigenvalue weighted by molar-refractivity contribution is -0.124. The average molecular weight is 588 g/mol. The van der Waals surface area contributed by atoms with Gasteiger partial charge in [0.15, 0.2) is 0 Å².